The van der Waals surface area contributed by atoms with Gasteiger partial charge in [0.05, 0.1) is 0 Å². The number of nitrogens with zero attached hydrogens (tertiary/aromatic N) is 4. The van der Waals surface area contributed by atoms with Gasteiger partial charge in [-0.25, -0.2) is 9.97 Å². The lowest BCUT2D eigenvalue weighted by Crippen LogP contribution is -2.46. The zero-order valence-electron chi connectivity index (χ0n) is 18.5. The molecule has 1 fully saturated rings. The summed E-state index contributed by atoms with van der Waals surface area (Å²) in [6.07, 6.45) is 4.04. The Morgan fingerprint density at radius 1 is 1.00 bits per heavy atom. The minimum atomic E-state index is -0.528. The fourth-order valence-corrected chi connectivity index (χ4v) is 4.47. The van der Waals surface area contributed by atoms with Crippen molar-refractivity contribution in [2.75, 3.05) is 35.2 Å². The zero-order chi connectivity index (χ0) is 21.9. The van der Waals surface area contributed by atoms with Crippen molar-refractivity contribution in [2.45, 2.75) is 19.0 Å². The minimum Gasteiger partial charge on any atom is -0.457 e. The first kappa shape index (κ1) is 25.6. The number of hydrogen-bond acceptors (Lipinski definition) is 8. The van der Waals surface area contributed by atoms with Crippen LogP contribution in [0.4, 0.5) is 23.0 Å². The highest BCUT2D eigenvalue weighted by atomic mass is 35.5. The molecule has 3 N–H and O–H groups in total. The predicted molar refractivity (Wildman–Crippen MR) is 139 cm³/mol. The van der Waals surface area contributed by atoms with Gasteiger partial charge >= 0.3 is 0 Å². The summed E-state index contributed by atoms with van der Waals surface area (Å²) in [5.74, 6) is 3.04. The van der Waals surface area contributed by atoms with E-state index < -0.39 is 6.17 Å². The number of carbonyl (C=O) groups is 1. The third kappa shape index (κ3) is 5.04. The van der Waals surface area contributed by atoms with Crippen LogP contribution in [0.25, 0.3) is 0 Å². The van der Waals surface area contributed by atoms with Gasteiger partial charge < -0.3 is 25.6 Å². The molecule has 0 amide bonds. The molecule has 5 rings (SSSR count). The van der Waals surface area contributed by atoms with Crippen molar-refractivity contribution in [3.8, 4) is 11.5 Å². The summed E-state index contributed by atoms with van der Waals surface area (Å²) in [6.45, 7) is 2.74. The first-order valence-electron chi connectivity index (χ1n) is 10.9. The van der Waals surface area contributed by atoms with Crippen molar-refractivity contribution >= 4 is 54.1 Å². The maximum Gasteiger partial charge on any atom is 0.165 e. The Bertz CT molecular complexity index is 1080. The van der Waals surface area contributed by atoms with Crippen LogP contribution in [0.2, 0.25) is 0 Å². The first-order chi connectivity index (χ1) is 15.7. The van der Waals surface area contributed by atoms with Gasteiger partial charge in [0.25, 0.3) is 0 Å². The highest BCUT2D eigenvalue weighted by Gasteiger charge is 2.40. The smallest absolute Gasteiger partial charge is 0.165 e. The Morgan fingerprint density at radius 3 is 2.35 bits per heavy atom. The van der Waals surface area contributed by atoms with Gasteiger partial charge in [-0.3, -0.25) is 4.79 Å². The molecule has 1 aromatic heterocycles. The van der Waals surface area contributed by atoms with Gasteiger partial charge in [-0.15, -0.1) is 24.8 Å². The molecule has 0 saturated carbocycles. The van der Waals surface area contributed by atoms with E-state index in [1.807, 2.05) is 59.5 Å². The van der Waals surface area contributed by atoms with Crippen molar-refractivity contribution in [2.24, 2.45) is 5.92 Å². The maximum absolute atomic E-state index is 12.3. The molecule has 10 heteroatoms. The van der Waals surface area contributed by atoms with Gasteiger partial charge in [0.1, 0.15) is 23.5 Å². The summed E-state index contributed by atoms with van der Waals surface area (Å²) in [5.41, 5.74) is 7.78. The van der Waals surface area contributed by atoms with E-state index in [0.29, 0.717) is 29.0 Å². The maximum atomic E-state index is 12.3. The molecule has 3 aromatic rings. The first-order valence-corrected chi connectivity index (χ1v) is 10.9. The molecule has 3 heterocycles. The second-order valence-electron chi connectivity index (χ2n) is 8.11. The highest BCUT2D eigenvalue weighted by Crippen LogP contribution is 2.45. The van der Waals surface area contributed by atoms with Crippen molar-refractivity contribution in [3.05, 3.63) is 60.9 Å². The molecule has 34 heavy (non-hydrogen) atoms. The van der Waals surface area contributed by atoms with Gasteiger partial charge in [-0.2, -0.15) is 0 Å². The predicted octanol–water partition coefficient (Wildman–Crippen LogP) is 4.18. The van der Waals surface area contributed by atoms with E-state index in [-0.39, 0.29) is 24.8 Å². The Labute approximate surface area is 211 Å². The third-order valence-electron chi connectivity index (χ3n) is 6.06. The number of hydrogen-bond donors (Lipinski definition) is 2. The Hall–Kier alpha value is -3.07. The molecule has 2 aliphatic rings. The summed E-state index contributed by atoms with van der Waals surface area (Å²) in [6, 6.07) is 17.3. The van der Waals surface area contributed by atoms with Crippen molar-refractivity contribution in [3.63, 3.8) is 0 Å². The fourth-order valence-electron chi connectivity index (χ4n) is 4.47. The van der Waals surface area contributed by atoms with Gasteiger partial charge in [-0.05, 0) is 68.2 Å². The molecule has 0 bridgehead atoms. The molecule has 1 atom stereocenters. The normalized spacial score (nSPS) is 17.4. The van der Waals surface area contributed by atoms with Crippen LogP contribution in [-0.2, 0) is 4.79 Å². The zero-order valence-corrected chi connectivity index (χ0v) is 20.2. The number of nitrogens with one attached hydrogen (secondary N) is 1. The highest BCUT2D eigenvalue weighted by molar-refractivity contribution is 5.93. The fraction of sp³-hybridized carbons (Fsp3) is 0.292. The molecule has 0 radical (unpaired) electrons. The monoisotopic (exact) mass is 502 g/mol. The van der Waals surface area contributed by atoms with E-state index in [1.54, 1.807) is 0 Å². The van der Waals surface area contributed by atoms with Crippen LogP contribution in [0.5, 0.6) is 11.5 Å². The lowest BCUT2D eigenvalue weighted by molar-refractivity contribution is -0.108. The van der Waals surface area contributed by atoms with Crippen LogP contribution in [-0.4, -0.2) is 42.1 Å². The topological polar surface area (TPSA) is 96.6 Å². The number of carbonyl (C=O) groups excluding carboxylic acids is 1. The van der Waals surface area contributed by atoms with E-state index in [2.05, 4.69) is 20.2 Å². The van der Waals surface area contributed by atoms with Crippen LogP contribution in [0.3, 0.4) is 0 Å². The number of halogens is 2. The average Bonchev–Trinajstić information content (AvgIpc) is 3.15. The molecule has 8 nitrogen and oxygen atoms in total. The molecule has 1 saturated heterocycles. The number of benzene rings is 2. The van der Waals surface area contributed by atoms with E-state index in [0.717, 1.165) is 50.2 Å². The van der Waals surface area contributed by atoms with Gasteiger partial charge in [0, 0.05) is 12.2 Å². The lowest BCUT2D eigenvalue weighted by Gasteiger charge is -2.32. The standard InChI is InChI=1S/C24H26N6O2.2ClH/c25-23-22-24(28-16-27-23)29(14-17-10-12-26-13-11-17)21(15-31)30(22)18-6-8-20(9-7-18)32-19-4-2-1-3-5-19;;/h1-9,15-17,21,26H,10-14H2,(H2,25,27,28);2*1H. The number of piperidine rings is 1. The summed E-state index contributed by atoms with van der Waals surface area (Å²) in [5, 5.41) is 3.39. The van der Waals surface area contributed by atoms with Crippen molar-refractivity contribution in [1.29, 1.82) is 0 Å². The molecular formula is C24H28Cl2N6O2. The number of fused-ring (bicyclic) bond motifs is 1. The lowest BCUT2D eigenvalue weighted by atomic mass is 9.97. The van der Waals surface area contributed by atoms with E-state index >= 15 is 0 Å². The molecule has 2 aliphatic heterocycles. The summed E-state index contributed by atoms with van der Waals surface area (Å²) >= 11 is 0. The van der Waals surface area contributed by atoms with E-state index in [1.165, 1.54) is 6.33 Å². The molecule has 0 aliphatic carbocycles. The number of aldehydes is 1. The van der Waals surface area contributed by atoms with Gasteiger partial charge in [0.15, 0.2) is 24.1 Å². The number of rotatable bonds is 6. The number of nitrogens with two attached hydrogens (primary N) is 1. The number of nitrogen functional groups attached to an aromatic ring is 1. The van der Waals surface area contributed by atoms with Gasteiger partial charge in [-0.1, -0.05) is 18.2 Å². The van der Waals surface area contributed by atoms with Crippen LogP contribution < -0.4 is 25.6 Å². The Morgan fingerprint density at radius 2 is 1.68 bits per heavy atom. The summed E-state index contributed by atoms with van der Waals surface area (Å²) in [4.78, 5) is 25.0. The number of anilines is 4. The second kappa shape index (κ2) is 11.4. The van der Waals surface area contributed by atoms with Gasteiger partial charge in [0.2, 0.25) is 0 Å². The van der Waals surface area contributed by atoms with Crippen LogP contribution in [0, 0.1) is 5.92 Å². The van der Waals surface area contributed by atoms with Crippen molar-refractivity contribution < 1.29 is 9.53 Å². The number of aromatic nitrogens is 2. The summed E-state index contributed by atoms with van der Waals surface area (Å²) in [7, 11) is 0. The average molecular weight is 503 g/mol. The molecule has 1 unspecified atom stereocenters. The minimum absolute atomic E-state index is 0. The molecule has 0 spiro atoms. The van der Waals surface area contributed by atoms with Crippen LogP contribution in [0.15, 0.2) is 60.9 Å². The number of ether oxygens (including phenoxy) is 1. The quantitative estimate of drug-likeness (QED) is 0.484. The summed E-state index contributed by atoms with van der Waals surface area (Å²) < 4.78 is 5.91. The second-order valence-corrected chi connectivity index (χ2v) is 8.11. The number of para-hydroxylation sites is 1. The molecule has 180 valence electrons. The third-order valence-corrected chi connectivity index (χ3v) is 6.06. The van der Waals surface area contributed by atoms with Crippen LogP contribution >= 0.6 is 24.8 Å². The van der Waals surface area contributed by atoms with Crippen LogP contribution in [0.1, 0.15) is 12.8 Å². The largest absolute Gasteiger partial charge is 0.457 e. The van der Waals surface area contributed by atoms with E-state index in [9.17, 15) is 4.79 Å². The molecular weight excluding hydrogens is 475 g/mol. The Balaban J connectivity index is 0.00000162. The molecule has 2 aromatic carbocycles. The van der Waals surface area contributed by atoms with E-state index in [4.69, 9.17) is 10.5 Å². The Kier molecular flexibility index (Phi) is 8.55. The van der Waals surface area contributed by atoms with Crippen molar-refractivity contribution in [1.82, 2.24) is 15.3 Å². The SMILES string of the molecule is Cl.Cl.Nc1ncnc2c1N(c1ccc(Oc3ccccc3)cc1)C(C=O)N2CC1CCNCC1.